The number of benzene rings is 1. The van der Waals surface area contributed by atoms with Gasteiger partial charge in [0.1, 0.15) is 5.75 Å². The molecule has 1 unspecified atom stereocenters. The van der Waals surface area contributed by atoms with E-state index in [0.717, 1.165) is 41.1 Å². The van der Waals surface area contributed by atoms with Crippen molar-refractivity contribution in [3.8, 4) is 5.75 Å². The van der Waals surface area contributed by atoms with Crippen LogP contribution >= 0.6 is 0 Å². The summed E-state index contributed by atoms with van der Waals surface area (Å²) in [5.74, 6) is 1.84. The smallest absolute Gasteiger partial charge is 0.130 e. The molecule has 1 aliphatic heterocycles. The first-order valence-corrected chi connectivity index (χ1v) is 9.18. The molecular formula is C21H29N3O. The van der Waals surface area contributed by atoms with Gasteiger partial charge in [-0.25, -0.2) is 0 Å². The van der Waals surface area contributed by atoms with Gasteiger partial charge in [-0.2, -0.15) is 0 Å². The molecule has 1 aromatic heterocycles. The number of nitrogens with zero attached hydrogens (tertiary/aromatic N) is 2. The minimum Gasteiger partial charge on any atom is -0.492 e. The van der Waals surface area contributed by atoms with Crippen molar-refractivity contribution in [2.75, 3.05) is 25.4 Å². The van der Waals surface area contributed by atoms with Crippen LogP contribution in [0.4, 0.5) is 5.69 Å². The number of piperidine rings is 1. The largest absolute Gasteiger partial charge is 0.492 e. The SMILES string of the molecule is C=C(C(C)C)N1CCCC(COc2cccc3nc(C)cc(N)c23)C1. The standard InChI is InChI=1S/C21H29N3O/c1-14(2)16(4)24-10-6-7-17(12-24)13-25-20-9-5-8-19-21(20)18(22)11-15(3)23-19/h5,8-9,11,14,17H,4,6-7,10,12-13H2,1-3H3,(H2,22,23). The van der Waals surface area contributed by atoms with Crippen LogP contribution in [0.1, 0.15) is 32.4 Å². The number of hydrogen-bond acceptors (Lipinski definition) is 4. The zero-order valence-electron chi connectivity index (χ0n) is 15.6. The number of likely N-dealkylation sites (tertiary alicyclic amines) is 1. The van der Waals surface area contributed by atoms with Crippen molar-refractivity contribution in [3.05, 3.63) is 42.2 Å². The zero-order chi connectivity index (χ0) is 18.0. The summed E-state index contributed by atoms with van der Waals surface area (Å²) in [5, 5.41) is 0.923. The van der Waals surface area contributed by atoms with Gasteiger partial charge in [-0.3, -0.25) is 4.98 Å². The van der Waals surface area contributed by atoms with E-state index < -0.39 is 0 Å². The van der Waals surface area contributed by atoms with Crippen LogP contribution in [0.25, 0.3) is 10.9 Å². The number of ether oxygens (including phenoxy) is 1. The number of nitrogen functional groups attached to an aromatic ring is 1. The molecule has 2 heterocycles. The lowest BCUT2D eigenvalue weighted by molar-refractivity contribution is 0.149. The van der Waals surface area contributed by atoms with Crippen LogP contribution in [-0.2, 0) is 0 Å². The van der Waals surface area contributed by atoms with Gasteiger partial charge in [0, 0.05) is 36.1 Å². The molecule has 4 nitrogen and oxygen atoms in total. The van der Waals surface area contributed by atoms with Gasteiger partial charge in [-0.1, -0.05) is 26.5 Å². The van der Waals surface area contributed by atoms with Crippen molar-refractivity contribution < 1.29 is 4.74 Å². The molecule has 0 aliphatic carbocycles. The van der Waals surface area contributed by atoms with Gasteiger partial charge in [0.25, 0.3) is 0 Å². The average Bonchev–Trinajstić information content (AvgIpc) is 2.58. The van der Waals surface area contributed by atoms with Crippen LogP contribution in [0.5, 0.6) is 5.75 Å². The first-order chi connectivity index (χ1) is 12.0. The number of aromatic nitrogens is 1. The Kier molecular flexibility index (Phi) is 5.16. The Balaban J connectivity index is 1.72. The fourth-order valence-electron chi connectivity index (χ4n) is 3.58. The summed E-state index contributed by atoms with van der Waals surface area (Å²) in [6.07, 6.45) is 2.39. The van der Waals surface area contributed by atoms with Crippen molar-refractivity contribution in [2.24, 2.45) is 11.8 Å². The van der Waals surface area contributed by atoms with E-state index in [1.165, 1.54) is 18.5 Å². The van der Waals surface area contributed by atoms with Gasteiger partial charge in [0.2, 0.25) is 0 Å². The van der Waals surface area contributed by atoms with Crippen LogP contribution in [0, 0.1) is 18.8 Å². The minimum atomic E-state index is 0.492. The van der Waals surface area contributed by atoms with Crippen molar-refractivity contribution in [3.63, 3.8) is 0 Å². The molecule has 1 aromatic carbocycles. The lowest BCUT2D eigenvalue weighted by Gasteiger charge is -2.36. The molecule has 0 bridgehead atoms. The highest BCUT2D eigenvalue weighted by Crippen LogP contribution is 2.31. The number of rotatable bonds is 5. The minimum absolute atomic E-state index is 0.492. The van der Waals surface area contributed by atoms with Gasteiger partial charge >= 0.3 is 0 Å². The number of hydrogen-bond donors (Lipinski definition) is 1. The Morgan fingerprint density at radius 3 is 3.00 bits per heavy atom. The molecule has 25 heavy (non-hydrogen) atoms. The topological polar surface area (TPSA) is 51.4 Å². The summed E-state index contributed by atoms with van der Waals surface area (Å²) >= 11 is 0. The molecule has 0 saturated carbocycles. The summed E-state index contributed by atoms with van der Waals surface area (Å²) in [6.45, 7) is 13.5. The quantitative estimate of drug-likeness (QED) is 0.878. The summed E-state index contributed by atoms with van der Waals surface area (Å²) < 4.78 is 6.19. The Morgan fingerprint density at radius 2 is 2.24 bits per heavy atom. The van der Waals surface area contributed by atoms with Crippen molar-refractivity contribution in [1.29, 1.82) is 0 Å². The van der Waals surface area contributed by atoms with E-state index in [1.807, 2.05) is 31.2 Å². The molecule has 1 saturated heterocycles. The highest BCUT2D eigenvalue weighted by atomic mass is 16.5. The Morgan fingerprint density at radius 1 is 1.44 bits per heavy atom. The van der Waals surface area contributed by atoms with Crippen LogP contribution in [0.3, 0.4) is 0 Å². The molecule has 2 aromatic rings. The van der Waals surface area contributed by atoms with Crippen molar-refractivity contribution >= 4 is 16.6 Å². The maximum atomic E-state index is 6.22. The van der Waals surface area contributed by atoms with E-state index in [9.17, 15) is 0 Å². The highest BCUT2D eigenvalue weighted by Gasteiger charge is 2.22. The second-order valence-electron chi connectivity index (χ2n) is 7.41. The first kappa shape index (κ1) is 17.6. The number of pyridine rings is 1. The molecule has 1 atom stereocenters. The van der Waals surface area contributed by atoms with Gasteiger partial charge in [-0.15, -0.1) is 0 Å². The monoisotopic (exact) mass is 339 g/mol. The fraction of sp³-hybridized carbons (Fsp3) is 0.476. The molecule has 0 radical (unpaired) electrons. The Bertz CT molecular complexity index is 769. The van der Waals surface area contributed by atoms with Gasteiger partial charge in [0.15, 0.2) is 0 Å². The number of anilines is 1. The normalized spacial score (nSPS) is 17.9. The maximum Gasteiger partial charge on any atom is 0.130 e. The third-order valence-corrected chi connectivity index (χ3v) is 5.02. The zero-order valence-corrected chi connectivity index (χ0v) is 15.6. The van der Waals surface area contributed by atoms with E-state index in [0.29, 0.717) is 18.4 Å². The highest BCUT2D eigenvalue weighted by molar-refractivity contribution is 5.95. The number of allylic oxidation sites excluding steroid dienone is 1. The molecule has 2 N–H and O–H groups in total. The molecule has 1 fully saturated rings. The van der Waals surface area contributed by atoms with Gasteiger partial charge in [0.05, 0.1) is 17.5 Å². The van der Waals surface area contributed by atoms with Crippen LogP contribution in [0.15, 0.2) is 36.5 Å². The third-order valence-electron chi connectivity index (χ3n) is 5.02. The van der Waals surface area contributed by atoms with Crippen LogP contribution in [-0.4, -0.2) is 29.6 Å². The van der Waals surface area contributed by atoms with E-state index in [2.05, 4.69) is 30.3 Å². The van der Waals surface area contributed by atoms with E-state index in [4.69, 9.17) is 10.5 Å². The molecule has 134 valence electrons. The Hall–Kier alpha value is -2.23. The van der Waals surface area contributed by atoms with Crippen molar-refractivity contribution in [1.82, 2.24) is 9.88 Å². The van der Waals surface area contributed by atoms with Gasteiger partial charge in [-0.05, 0) is 43.9 Å². The van der Waals surface area contributed by atoms with Crippen LogP contribution in [0.2, 0.25) is 0 Å². The molecule has 0 spiro atoms. The Labute approximate surface area is 150 Å². The van der Waals surface area contributed by atoms with E-state index in [1.54, 1.807) is 0 Å². The second-order valence-corrected chi connectivity index (χ2v) is 7.41. The lowest BCUT2D eigenvalue weighted by atomic mass is 9.97. The lowest BCUT2D eigenvalue weighted by Crippen LogP contribution is -2.38. The summed E-state index contributed by atoms with van der Waals surface area (Å²) in [7, 11) is 0. The number of nitrogens with two attached hydrogens (primary N) is 1. The predicted molar refractivity (Wildman–Crippen MR) is 105 cm³/mol. The number of fused-ring (bicyclic) bond motifs is 1. The maximum absolute atomic E-state index is 6.22. The summed E-state index contributed by atoms with van der Waals surface area (Å²) in [4.78, 5) is 6.99. The van der Waals surface area contributed by atoms with Gasteiger partial charge < -0.3 is 15.4 Å². The summed E-state index contributed by atoms with van der Waals surface area (Å²) in [5.41, 5.74) is 10.0. The molecular weight excluding hydrogens is 310 g/mol. The van der Waals surface area contributed by atoms with E-state index >= 15 is 0 Å². The molecule has 4 heteroatoms. The number of aryl methyl sites for hydroxylation is 1. The summed E-state index contributed by atoms with van der Waals surface area (Å²) in [6, 6.07) is 7.87. The molecule has 3 rings (SSSR count). The predicted octanol–water partition coefficient (Wildman–Crippen LogP) is 4.39. The first-order valence-electron chi connectivity index (χ1n) is 9.18. The van der Waals surface area contributed by atoms with Crippen molar-refractivity contribution in [2.45, 2.75) is 33.6 Å². The fourth-order valence-corrected chi connectivity index (χ4v) is 3.58. The van der Waals surface area contributed by atoms with E-state index in [-0.39, 0.29) is 0 Å². The average molecular weight is 339 g/mol. The second kappa shape index (κ2) is 7.34. The molecule has 0 amide bonds. The van der Waals surface area contributed by atoms with Crippen LogP contribution < -0.4 is 10.5 Å². The molecule has 1 aliphatic rings. The third kappa shape index (κ3) is 3.89.